The first-order chi connectivity index (χ1) is 7.88. The largest absolute Gasteiger partial charge is 0.410 e. The summed E-state index contributed by atoms with van der Waals surface area (Å²) in [6, 6.07) is 3.60. The van der Waals surface area contributed by atoms with E-state index in [1.54, 1.807) is 12.1 Å². The van der Waals surface area contributed by atoms with Crippen LogP contribution in [0.5, 0.6) is 0 Å². The monoisotopic (exact) mass is 251 g/mol. The predicted molar refractivity (Wildman–Crippen MR) is 66.4 cm³/mol. The zero-order valence-corrected chi connectivity index (χ0v) is 10.5. The van der Waals surface area contributed by atoms with Crippen LogP contribution in [0.15, 0.2) is 29.4 Å². The van der Waals surface area contributed by atoms with Gasteiger partial charge in [0.2, 0.25) is 0 Å². The van der Waals surface area contributed by atoms with Gasteiger partial charge in [0.05, 0.1) is 0 Å². The van der Waals surface area contributed by atoms with Crippen LogP contribution < -0.4 is 11.3 Å². The van der Waals surface area contributed by atoms with Crippen molar-refractivity contribution in [3.63, 3.8) is 0 Å². The Hall–Kier alpha value is -1.62. The Labute approximate surface area is 99.2 Å². The quantitative estimate of drug-likeness (QED) is 0.576. The van der Waals surface area contributed by atoms with Gasteiger partial charge in [0.25, 0.3) is 4.70 Å². The summed E-state index contributed by atoms with van der Waals surface area (Å²) in [4.78, 5) is 23.3. The fourth-order valence-corrected chi connectivity index (χ4v) is 3.17. The van der Waals surface area contributed by atoms with Crippen LogP contribution in [0.2, 0.25) is 0 Å². The van der Waals surface area contributed by atoms with Crippen molar-refractivity contribution in [3.8, 4) is 0 Å². The first kappa shape index (κ1) is 10.5. The maximum Gasteiger partial charge on any atom is 0.410 e. The van der Waals surface area contributed by atoms with E-state index in [9.17, 15) is 9.59 Å². The van der Waals surface area contributed by atoms with Crippen molar-refractivity contribution < 1.29 is 7.70 Å². The second-order valence-corrected chi connectivity index (χ2v) is 6.34. The lowest BCUT2D eigenvalue weighted by atomic mass is 9.86. The van der Waals surface area contributed by atoms with Crippen molar-refractivity contribution in [2.24, 2.45) is 0 Å². The van der Waals surface area contributed by atoms with E-state index in [-0.39, 0.29) is 5.41 Å². The zero-order valence-electron chi connectivity index (χ0n) is 9.70. The second-order valence-electron chi connectivity index (χ2n) is 5.13. The highest BCUT2D eigenvalue weighted by Crippen LogP contribution is 2.34. The van der Waals surface area contributed by atoms with Gasteiger partial charge in [0.15, 0.2) is 0 Å². The van der Waals surface area contributed by atoms with E-state index in [2.05, 4.69) is 0 Å². The molecule has 0 aliphatic rings. The average molecular weight is 251 g/mol. The summed E-state index contributed by atoms with van der Waals surface area (Å²) in [6.07, 6.45) is 0. The Bertz CT molecular complexity index is 755. The van der Waals surface area contributed by atoms with Gasteiger partial charge in [-0.2, -0.15) is 7.70 Å². The molecular formula is C12H11O4S+. The Kier molecular flexibility index (Phi) is 1.85. The minimum Gasteiger partial charge on any atom is -0.239 e. The first-order valence-corrected chi connectivity index (χ1v) is 6.33. The topological polar surface area (TPSA) is 60.4 Å². The number of rotatable bonds is 0. The number of benzene rings is 1. The molecule has 0 saturated carbocycles. The maximum absolute atomic E-state index is 11.6. The molecule has 3 rings (SSSR count). The molecule has 0 bridgehead atoms. The molecule has 0 aliphatic heterocycles. The van der Waals surface area contributed by atoms with E-state index in [0.29, 0.717) is 15.5 Å². The van der Waals surface area contributed by atoms with Crippen LogP contribution in [-0.2, 0) is 5.41 Å². The van der Waals surface area contributed by atoms with Gasteiger partial charge in [0, 0.05) is 0 Å². The summed E-state index contributed by atoms with van der Waals surface area (Å²) in [7, 11) is -1.11. The van der Waals surface area contributed by atoms with Crippen molar-refractivity contribution in [3.05, 3.63) is 38.5 Å². The fourth-order valence-electron chi connectivity index (χ4n) is 1.87. The highest BCUT2D eigenvalue weighted by molar-refractivity contribution is 7.21. The highest BCUT2D eigenvalue weighted by Gasteiger charge is 2.30. The van der Waals surface area contributed by atoms with Gasteiger partial charge in [-0.1, -0.05) is 20.8 Å². The van der Waals surface area contributed by atoms with Crippen LogP contribution in [0.25, 0.3) is 15.5 Å². The lowest BCUT2D eigenvalue weighted by molar-refractivity contribution is 0.557. The summed E-state index contributed by atoms with van der Waals surface area (Å²) < 4.78 is 10.7. The Balaban J connectivity index is 2.59. The van der Waals surface area contributed by atoms with Crippen molar-refractivity contribution in [2.45, 2.75) is 26.2 Å². The average Bonchev–Trinajstić information content (AvgIpc) is 2.69. The third kappa shape index (κ3) is 1.35. The molecule has 5 heteroatoms. The lowest BCUT2D eigenvalue weighted by Gasteiger charge is -2.17. The summed E-state index contributed by atoms with van der Waals surface area (Å²) >= 11 is 0. The Morgan fingerprint density at radius 3 is 1.88 bits per heavy atom. The van der Waals surface area contributed by atoms with Gasteiger partial charge in [0.1, 0.15) is 10.8 Å². The van der Waals surface area contributed by atoms with Gasteiger partial charge >= 0.3 is 22.1 Å². The van der Waals surface area contributed by atoms with Crippen molar-refractivity contribution >= 4 is 26.3 Å². The standard InChI is InChI=1S/C12H11O4S/c1-12(2,3)6-4-7-9-8(5-6)11(14)16-17(9)15-10(7)13/h4-5H,1-3H3/q+1. The van der Waals surface area contributed by atoms with Crippen LogP contribution >= 0.6 is 10.9 Å². The van der Waals surface area contributed by atoms with E-state index in [0.717, 1.165) is 5.56 Å². The van der Waals surface area contributed by atoms with E-state index in [1.165, 1.54) is 0 Å². The minimum atomic E-state index is -1.11. The first-order valence-electron chi connectivity index (χ1n) is 5.26. The van der Waals surface area contributed by atoms with Crippen LogP contribution in [0.4, 0.5) is 0 Å². The van der Waals surface area contributed by atoms with Crippen molar-refractivity contribution in [1.82, 2.24) is 0 Å². The van der Waals surface area contributed by atoms with Gasteiger partial charge in [-0.3, -0.25) is 0 Å². The second kappa shape index (κ2) is 2.98. The van der Waals surface area contributed by atoms with E-state index >= 15 is 0 Å². The SMILES string of the molecule is CC(C)(C)c1cc2c(=O)o[s+]3oc(=O)c(c1)c23. The normalized spacial score (nSPS) is 12.9. The molecule has 17 heavy (non-hydrogen) atoms. The van der Waals surface area contributed by atoms with Crippen LogP contribution in [0.3, 0.4) is 0 Å². The highest BCUT2D eigenvalue weighted by atomic mass is 32.2. The smallest absolute Gasteiger partial charge is 0.239 e. The molecule has 0 atom stereocenters. The minimum absolute atomic E-state index is 0.129. The van der Waals surface area contributed by atoms with Gasteiger partial charge < -0.3 is 0 Å². The molecule has 0 radical (unpaired) electrons. The fraction of sp³-hybridized carbons (Fsp3) is 0.333. The summed E-state index contributed by atoms with van der Waals surface area (Å²) in [5.41, 5.74) is 0.00875. The van der Waals surface area contributed by atoms with E-state index in [1.807, 2.05) is 20.8 Å². The molecule has 3 aromatic rings. The molecule has 0 aliphatic carbocycles. The molecule has 0 spiro atoms. The third-order valence-electron chi connectivity index (χ3n) is 2.86. The number of hydrogen-bond donors (Lipinski definition) is 0. The molecule has 0 fully saturated rings. The maximum atomic E-state index is 11.6. The van der Waals surface area contributed by atoms with E-state index < -0.39 is 22.1 Å². The third-order valence-corrected chi connectivity index (χ3v) is 4.24. The lowest BCUT2D eigenvalue weighted by Crippen LogP contribution is -2.12. The summed E-state index contributed by atoms with van der Waals surface area (Å²) in [5.74, 6) is 0. The number of hydrogen-bond acceptors (Lipinski definition) is 4. The zero-order chi connectivity index (χ0) is 12.4. The van der Waals surface area contributed by atoms with Crippen molar-refractivity contribution in [1.29, 1.82) is 0 Å². The molecule has 0 N–H and O–H groups in total. The molecule has 0 saturated heterocycles. The van der Waals surface area contributed by atoms with Gasteiger partial charge in [-0.25, -0.2) is 9.59 Å². The molecule has 2 aromatic heterocycles. The predicted octanol–water partition coefficient (Wildman–Crippen LogP) is 2.68. The van der Waals surface area contributed by atoms with Gasteiger partial charge in [-0.15, -0.1) is 0 Å². The Morgan fingerprint density at radius 1 is 1.00 bits per heavy atom. The molecule has 1 aromatic carbocycles. The molecule has 88 valence electrons. The van der Waals surface area contributed by atoms with Crippen LogP contribution in [0, 0.1) is 0 Å². The summed E-state index contributed by atoms with van der Waals surface area (Å²) in [6.45, 7) is 6.09. The molecule has 0 unspecified atom stereocenters. The summed E-state index contributed by atoms with van der Waals surface area (Å²) in [5, 5.41) is 0.947. The van der Waals surface area contributed by atoms with Crippen molar-refractivity contribution in [2.75, 3.05) is 0 Å². The van der Waals surface area contributed by atoms with E-state index in [4.69, 9.17) is 7.70 Å². The Morgan fingerprint density at radius 2 is 1.47 bits per heavy atom. The molecule has 4 nitrogen and oxygen atoms in total. The molecule has 0 amide bonds. The molecule has 2 heterocycles. The van der Waals surface area contributed by atoms with Crippen LogP contribution in [0.1, 0.15) is 26.3 Å². The molecular weight excluding hydrogens is 240 g/mol. The van der Waals surface area contributed by atoms with Crippen LogP contribution in [-0.4, -0.2) is 0 Å². The van der Waals surface area contributed by atoms with Gasteiger partial charge in [-0.05, 0) is 23.1 Å².